The van der Waals surface area contributed by atoms with Crippen LogP contribution in [0.2, 0.25) is 0 Å². The van der Waals surface area contributed by atoms with Crippen LogP contribution in [0.1, 0.15) is 25.7 Å². The van der Waals surface area contributed by atoms with Crippen LogP contribution in [-0.2, 0) is 9.59 Å². The lowest BCUT2D eigenvalue weighted by atomic mass is 9.88. The second-order valence-corrected chi connectivity index (χ2v) is 5.77. The van der Waals surface area contributed by atoms with Gasteiger partial charge in [-0.15, -0.1) is 11.8 Å². The lowest BCUT2D eigenvalue weighted by Crippen LogP contribution is -2.43. The van der Waals surface area contributed by atoms with E-state index in [0.717, 1.165) is 25.7 Å². The van der Waals surface area contributed by atoms with Crippen molar-refractivity contribution in [3.63, 3.8) is 0 Å². The molecule has 2 saturated carbocycles. The highest BCUT2D eigenvalue weighted by Gasteiger charge is 2.49. The predicted molar refractivity (Wildman–Crippen MR) is 50.6 cm³/mol. The highest BCUT2D eigenvalue weighted by atomic mass is 32.2. The Morgan fingerprint density at radius 2 is 1.38 bits per heavy atom. The van der Waals surface area contributed by atoms with Crippen LogP contribution in [0.25, 0.3) is 0 Å². The Kier molecular flexibility index (Phi) is 1.60. The van der Waals surface area contributed by atoms with Gasteiger partial charge < -0.3 is 0 Å². The summed E-state index contributed by atoms with van der Waals surface area (Å²) < 4.78 is 0. The van der Waals surface area contributed by atoms with Crippen LogP contribution in [0.3, 0.4) is 0 Å². The van der Waals surface area contributed by atoms with Crippen molar-refractivity contribution >= 4 is 23.3 Å². The number of carbonyl (C=O) groups excluding carboxylic acids is 2. The van der Waals surface area contributed by atoms with Crippen molar-refractivity contribution in [2.75, 3.05) is 0 Å². The van der Waals surface area contributed by atoms with E-state index in [1.54, 1.807) is 11.8 Å². The van der Waals surface area contributed by atoms with Gasteiger partial charge in [0.25, 0.3) is 0 Å². The van der Waals surface area contributed by atoms with Crippen LogP contribution in [0.15, 0.2) is 0 Å². The van der Waals surface area contributed by atoms with Crippen molar-refractivity contribution in [1.82, 2.24) is 0 Å². The summed E-state index contributed by atoms with van der Waals surface area (Å²) in [6, 6.07) is 0. The lowest BCUT2D eigenvalue weighted by molar-refractivity contribution is -0.126. The third-order valence-electron chi connectivity index (χ3n) is 3.63. The van der Waals surface area contributed by atoms with E-state index >= 15 is 0 Å². The highest BCUT2D eigenvalue weighted by molar-refractivity contribution is 8.02. The fraction of sp³-hybridized carbons (Fsp3) is 0.800. The van der Waals surface area contributed by atoms with Gasteiger partial charge >= 0.3 is 0 Å². The molecule has 4 aliphatic rings. The molecule has 2 aliphatic heterocycles. The maximum atomic E-state index is 11.8. The van der Waals surface area contributed by atoms with Crippen LogP contribution in [0.4, 0.5) is 0 Å². The fourth-order valence-electron chi connectivity index (χ4n) is 2.87. The molecule has 13 heavy (non-hydrogen) atoms. The van der Waals surface area contributed by atoms with Crippen molar-refractivity contribution in [2.24, 2.45) is 11.8 Å². The van der Waals surface area contributed by atoms with E-state index in [1.807, 2.05) is 0 Å². The summed E-state index contributed by atoms with van der Waals surface area (Å²) in [5.74, 6) is 1.34. The minimum Gasteiger partial charge on any atom is -0.298 e. The normalized spacial score (nSPS) is 48.3. The van der Waals surface area contributed by atoms with Crippen molar-refractivity contribution in [1.29, 1.82) is 0 Å². The monoisotopic (exact) mass is 196 g/mol. The molecule has 3 heteroatoms. The molecular formula is C10H12O2S. The van der Waals surface area contributed by atoms with E-state index in [9.17, 15) is 9.59 Å². The number of fused-ring (bicyclic) bond motifs is 1. The number of rotatable bonds is 0. The molecule has 0 radical (unpaired) electrons. The van der Waals surface area contributed by atoms with Gasteiger partial charge in [0.15, 0.2) is 0 Å². The van der Waals surface area contributed by atoms with Gasteiger partial charge in [-0.05, 0) is 25.7 Å². The summed E-state index contributed by atoms with van der Waals surface area (Å²) in [4.78, 5) is 23.5. The third-order valence-corrected chi connectivity index (χ3v) is 5.14. The van der Waals surface area contributed by atoms with Gasteiger partial charge in [0.1, 0.15) is 11.6 Å². The smallest absolute Gasteiger partial charge is 0.148 e. The van der Waals surface area contributed by atoms with Gasteiger partial charge in [-0.25, -0.2) is 0 Å². The van der Waals surface area contributed by atoms with Gasteiger partial charge in [0.2, 0.25) is 0 Å². The maximum absolute atomic E-state index is 11.8. The van der Waals surface area contributed by atoms with Gasteiger partial charge in [0.05, 0.1) is 10.5 Å². The first-order valence-electron chi connectivity index (χ1n) is 4.98. The van der Waals surface area contributed by atoms with E-state index in [4.69, 9.17) is 0 Å². The molecule has 0 aromatic heterocycles. The van der Waals surface area contributed by atoms with Crippen LogP contribution in [0, 0.1) is 11.8 Å². The first-order chi connectivity index (χ1) is 6.25. The molecule has 2 aliphatic carbocycles. The Bertz CT molecular complexity index is 247. The number of hydrogen-bond donors (Lipinski definition) is 0. The van der Waals surface area contributed by atoms with Crippen molar-refractivity contribution in [3.8, 4) is 0 Å². The van der Waals surface area contributed by atoms with Crippen LogP contribution >= 0.6 is 11.8 Å². The molecule has 0 aromatic rings. The Balaban J connectivity index is 2.02. The van der Waals surface area contributed by atoms with Gasteiger partial charge in [-0.2, -0.15) is 0 Å². The summed E-state index contributed by atoms with van der Waals surface area (Å²) in [5.41, 5.74) is 0. The topological polar surface area (TPSA) is 34.1 Å². The van der Waals surface area contributed by atoms with E-state index in [-0.39, 0.29) is 22.3 Å². The van der Waals surface area contributed by atoms with Crippen LogP contribution in [-0.4, -0.2) is 22.1 Å². The molecule has 0 amide bonds. The molecule has 2 nitrogen and oxygen atoms in total. The zero-order valence-electron chi connectivity index (χ0n) is 7.36. The SMILES string of the molecule is O=C1C2C[C@@H]3CC[C@H]1CC(S2)C3=O. The standard InChI is InChI=1S/C10H12O2S/c11-9-5-1-2-6-4-8(9)13-7(3-5)10(6)12/h5-8H,1-4H2/t5-,6-,7?,8?/m0/s1. The predicted octanol–water partition coefficient (Wildman–Crippen LogP) is 1.43. The van der Waals surface area contributed by atoms with Crippen molar-refractivity contribution in [2.45, 2.75) is 36.2 Å². The quantitative estimate of drug-likeness (QED) is 0.587. The summed E-state index contributed by atoms with van der Waals surface area (Å²) in [5, 5.41) is 0.350. The Hall–Kier alpha value is -0.310. The van der Waals surface area contributed by atoms with Crippen molar-refractivity contribution in [3.05, 3.63) is 0 Å². The van der Waals surface area contributed by atoms with Crippen molar-refractivity contribution < 1.29 is 9.59 Å². The summed E-state index contributed by atoms with van der Waals surface area (Å²) >= 11 is 1.64. The number of carbonyl (C=O) groups is 2. The first-order valence-corrected chi connectivity index (χ1v) is 5.93. The minimum atomic E-state index is 0.175. The molecule has 4 fully saturated rings. The zero-order chi connectivity index (χ0) is 9.00. The Morgan fingerprint density at radius 3 is 1.85 bits per heavy atom. The molecule has 70 valence electrons. The van der Waals surface area contributed by atoms with E-state index in [2.05, 4.69) is 0 Å². The molecule has 4 bridgehead atoms. The molecule has 0 spiro atoms. The molecule has 4 atom stereocenters. The largest absolute Gasteiger partial charge is 0.298 e. The third kappa shape index (κ3) is 1.03. The van der Waals surface area contributed by atoms with Gasteiger partial charge in [0, 0.05) is 11.8 Å². The summed E-state index contributed by atoms with van der Waals surface area (Å²) in [7, 11) is 0. The second kappa shape index (κ2) is 2.59. The molecule has 2 saturated heterocycles. The molecule has 2 heterocycles. The molecule has 0 N–H and O–H groups in total. The zero-order valence-corrected chi connectivity index (χ0v) is 8.18. The van der Waals surface area contributed by atoms with Gasteiger partial charge in [-0.3, -0.25) is 9.59 Å². The van der Waals surface area contributed by atoms with Crippen LogP contribution < -0.4 is 0 Å². The Labute approximate surface area is 81.5 Å². The summed E-state index contributed by atoms with van der Waals surface area (Å²) in [6.45, 7) is 0. The number of thioether (sulfide) groups is 1. The van der Waals surface area contributed by atoms with Crippen LogP contribution in [0.5, 0.6) is 0 Å². The summed E-state index contributed by atoms with van der Waals surface area (Å²) in [6.07, 6.45) is 3.64. The minimum absolute atomic E-state index is 0.175. The number of hydrogen-bond acceptors (Lipinski definition) is 3. The highest BCUT2D eigenvalue weighted by Crippen LogP contribution is 2.48. The van der Waals surface area contributed by atoms with Gasteiger partial charge in [-0.1, -0.05) is 0 Å². The molecule has 2 unspecified atom stereocenters. The Morgan fingerprint density at radius 1 is 0.923 bits per heavy atom. The molecular weight excluding hydrogens is 184 g/mol. The fourth-order valence-corrected chi connectivity index (χ4v) is 4.61. The maximum Gasteiger partial charge on any atom is 0.148 e. The average molecular weight is 196 g/mol. The van der Waals surface area contributed by atoms with E-state index < -0.39 is 0 Å². The first kappa shape index (κ1) is 8.04. The average Bonchev–Trinajstić information content (AvgIpc) is 2.32. The van der Waals surface area contributed by atoms with E-state index in [1.165, 1.54) is 0 Å². The number of Topliss-reactive ketones (excluding diaryl/α,β-unsaturated/α-hetero) is 2. The van der Waals surface area contributed by atoms with E-state index in [0.29, 0.717) is 11.6 Å². The second-order valence-electron chi connectivity index (χ2n) is 4.36. The lowest BCUT2D eigenvalue weighted by Gasteiger charge is -2.35. The number of ketones is 2. The molecule has 4 rings (SSSR count). The molecule has 0 aromatic carbocycles.